The van der Waals surface area contributed by atoms with Crippen molar-refractivity contribution in [3.63, 3.8) is 0 Å². The van der Waals surface area contributed by atoms with Gasteiger partial charge in [-0.2, -0.15) is 0 Å². The third-order valence-electron chi connectivity index (χ3n) is 3.35. The lowest BCUT2D eigenvalue weighted by Gasteiger charge is -2.19. The third kappa shape index (κ3) is 5.16. The number of benzene rings is 2. The zero-order chi connectivity index (χ0) is 14.2. The first-order chi connectivity index (χ1) is 9.74. The fourth-order valence-corrected chi connectivity index (χ4v) is 2.32. The molecule has 2 aromatic rings. The quantitative estimate of drug-likeness (QED) is 0.753. The molecule has 0 aliphatic rings. The Bertz CT molecular complexity index is 434. The van der Waals surface area contributed by atoms with Gasteiger partial charge in [-0.25, -0.2) is 0 Å². The zero-order valence-corrected chi connectivity index (χ0v) is 12.3. The highest BCUT2D eigenvalue weighted by molar-refractivity contribution is 5.16. The summed E-state index contributed by atoms with van der Waals surface area (Å²) in [7, 11) is 0. The topological polar surface area (TPSA) is 24.1 Å². The molecule has 0 heterocycles. The minimum absolute atomic E-state index is 0.413. The Hall–Kier alpha value is -1.64. The van der Waals surface area contributed by atoms with E-state index < -0.39 is 0 Å². The summed E-state index contributed by atoms with van der Waals surface area (Å²) in [6, 6.07) is 22.0. The number of hydrogen-bond donors (Lipinski definition) is 2. The molecule has 2 aromatic carbocycles. The van der Waals surface area contributed by atoms with Crippen LogP contribution in [-0.4, -0.2) is 12.1 Å². The Morgan fingerprint density at radius 3 is 1.35 bits per heavy atom. The molecule has 2 unspecified atom stereocenters. The predicted octanol–water partition coefficient (Wildman–Crippen LogP) is 3.34. The molecule has 2 heteroatoms. The lowest BCUT2D eigenvalue weighted by Crippen LogP contribution is -2.45. The van der Waals surface area contributed by atoms with Gasteiger partial charge in [0.25, 0.3) is 0 Å². The van der Waals surface area contributed by atoms with Crippen molar-refractivity contribution in [3.8, 4) is 0 Å². The molecular weight excluding hydrogens is 244 g/mol. The van der Waals surface area contributed by atoms with Crippen LogP contribution in [0, 0.1) is 0 Å². The maximum absolute atomic E-state index is 3.40. The van der Waals surface area contributed by atoms with Crippen LogP contribution in [0.15, 0.2) is 60.7 Å². The molecule has 0 aliphatic heterocycles. The van der Waals surface area contributed by atoms with Crippen LogP contribution < -0.4 is 10.9 Å². The smallest absolute Gasteiger partial charge is 0.0225 e. The lowest BCUT2D eigenvalue weighted by atomic mass is 10.1. The number of hydrogen-bond acceptors (Lipinski definition) is 2. The van der Waals surface area contributed by atoms with Crippen LogP contribution in [0.5, 0.6) is 0 Å². The molecule has 2 atom stereocenters. The SMILES string of the molecule is CC(Cc1ccccc1)NNC(C)Cc1ccccc1. The van der Waals surface area contributed by atoms with Gasteiger partial charge in [0.05, 0.1) is 0 Å². The van der Waals surface area contributed by atoms with Crippen molar-refractivity contribution in [3.05, 3.63) is 71.8 Å². The zero-order valence-electron chi connectivity index (χ0n) is 12.3. The molecule has 0 bridgehead atoms. The summed E-state index contributed by atoms with van der Waals surface area (Å²) in [5, 5.41) is 0. The van der Waals surface area contributed by atoms with E-state index in [1.165, 1.54) is 11.1 Å². The maximum atomic E-state index is 3.40. The summed E-state index contributed by atoms with van der Waals surface area (Å²) >= 11 is 0. The molecule has 0 aliphatic carbocycles. The molecule has 0 spiro atoms. The molecule has 0 saturated heterocycles. The van der Waals surface area contributed by atoms with Crippen molar-refractivity contribution in [2.45, 2.75) is 38.8 Å². The Balaban J connectivity index is 1.71. The van der Waals surface area contributed by atoms with Crippen LogP contribution in [-0.2, 0) is 12.8 Å². The minimum Gasteiger partial charge on any atom is -0.254 e. The van der Waals surface area contributed by atoms with Gasteiger partial charge in [0.2, 0.25) is 0 Å². The highest BCUT2D eigenvalue weighted by Crippen LogP contribution is 2.04. The molecule has 106 valence electrons. The fourth-order valence-electron chi connectivity index (χ4n) is 2.32. The van der Waals surface area contributed by atoms with E-state index in [1.807, 2.05) is 0 Å². The standard InChI is InChI=1S/C18H24N2/c1-15(13-17-9-5-3-6-10-17)19-20-16(2)14-18-11-7-4-8-12-18/h3-12,15-16,19-20H,13-14H2,1-2H3. The second kappa shape index (κ2) is 7.83. The summed E-state index contributed by atoms with van der Waals surface area (Å²) in [5.74, 6) is 0. The van der Waals surface area contributed by atoms with Gasteiger partial charge in [-0.15, -0.1) is 0 Å². The van der Waals surface area contributed by atoms with Gasteiger partial charge in [0.1, 0.15) is 0 Å². The summed E-state index contributed by atoms with van der Waals surface area (Å²) in [6.45, 7) is 4.41. The lowest BCUT2D eigenvalue weighted by molar-refractivity contribution is 0.394. The monoisotopic (exact) mass is 268 g/mol. The summed E-state index contributed by atoms with van der Waals surface area (Å²) in [6.07, 6.45) is 2.07. The van der Waals surface area contributed by atoms with Gasteiger partial charge in [-0.1, -0.05) is 60.7 Å². The predicted molar refractivity (Wildman–Crippen MR) is 85.5 cm³/mol. The van der Waals surface area contributed by atoms with E-state index in [9.17, 15) is 0 Å². The van der Waals surface area contributed by atoms with Gasteiger partial charge in [0.15, 0.2) is 0 Å². The van der Waals surface area contributed by atoms with E-state index in [0.29, 0.717) is 12.1 Å². The molecule has 0 aromatic heterocycles. The maximum Gasteiger partial charge on any atom is 0.0225 e. The van der Waals surface area contributed by atoms with Crippen molar-refractivity contribution in [1.82, 2.24) is 10.9 Å². The van der Waals surface area contributed by atoms with E-state index >= 15 is 0 Å². The second-order valence-electron chi connectivity index (χ2n) is 5.47. The Morgan fingerprint density at radius 2 is 1.00 bits per heavy atom. The van der Waals surface area contributed by atoms with Crippen molar-refractivity contribution in [2.75, 3.05) is 0 Å². The molecule has 0 fully saturated rings. The average Bonchev–Trinajstić information content (AvgIpc) is 2.47. The molecular formula is C18H24N2. The van der Waals surface area contributed by atoms with E-state index in [0.717, 1.165) is 12.8 Å². The van der Waals surface area contributed by atoms with Crippen LogP contribution >= 0.6 is 0 Å². The van der Waals surface area contributed by atoms with E-state index in [1.54, 1.807) is 0 Å². The number of hydrazine groups is 1. The van der Waals surface area contributed by atoms with Crippen LogP contribution in [0.3, 0.4) is 0 Å². The van der Waals surface area contributed by atoms with Gasteiger partial charge < -0.3 is 0 Å². The Morgan fingerprint density at radius 1 is 0.650 bits per heavy atom. The summed E-state index contributed by atoms with van der Waals surface area (Å²) in [4.78, 5) is 0. The fraction of sp³-hybridized carbons (Fsp3) is 0.333. The Labute approximate surface area is 122 Å². The van der Waals surface area contributed by atoms with Crippen LogP contribution in [0.1, 0.15) is 25.0 Å². The first-order valence-corrected chi connectivity index (χ1v) is 7.33. The number of rotatable bonds is 7. The molecule has 0 amide bonds. The van der Waals surface area contributed by atoms with Crippen molar-refractivity contribution >= 4 is 0 Å². The van der Waals surface area contributed by atoms with Gasteiger partial charge in [-0.05, 0) is 37.8 Å². The van der Waals surface area contributed by atoms with Gasteiger partial charge in [-0.3, -0.25) is 10.9 Å². The summed E-state index contributed by atoms with van der Waals surface area (Å²) in [5.41, 5.74) is 9.53. The van der Waals surface area contributed by atoms with Crippen LogP contribution in [0.25, 0.3) is 0 Å². The molecule has 0 radical (unpaired) electrons. The van der Waals surface area contributed by atoms with E-state index in [-0.39, 0.29) is 0 Å². The largest absolute Gasteiger partial charge is 0.254 e. The van der Waals surface area contributed by atoms with Crippen molar-refractivity contribution < 1.29 is 0 Å². The van der Waals surface area contributed by atoms with E-state index in [2.05, 4.69) is 85.4 Å². The molecule has 2 rings (SSSR count). The Kier molecular flexibility index (Phi) is 5.78. The highest BCUT2D eigenvalue weighted by atomic mass is 15.4. The number of nitrogens with one attached hydrogen (secondary N) is 2. The van der Waals surface area contributed by atoms with E-state index in [4.69, 9.17) is 0 Å². The first-order valence-electron chi connectivity index (χ1n) is 7.33. The van der Waals surface area contributed by atoms with Crippen molar-refractivity contribution in [1.29, 1.82) is 0 Å². The van der Waals surface area contributed by atoms with Crippen molar-refractivity contribution in [2.24, 2.45) is 0 Å². The summed E-state index contributed by atoms with van der Waals surface area (Å²) < 4.78 is 0. The molecule has 0 saturated carbocycles. The minimum atomic E-state index is 0.413. The first kappa shape index (κ1) is 14.8. The van der Waals surface area contributed by atoms with Gasteiger partial charge >= 0.3 is 0 Å². The normalized spacial score (nSPS) is 13.9. The second-order valence-corrected chi connectivity index (χ2v) is 5.47. The molecule has 2 N–H and O–H groups in total. The third-order valence-corrected chi connectivity index (χ3v) is 3.35. The molecule has 2 nitrogen and oxygen atoms in total. The van der Waals surface area contributed by atoms with Crippen LogP contribution in [0.4, 0.5) is 0 Å². The average molecular weight is 268 g/mol. The molecule has 20 heavy (non-hydrogen) atoms. The van der Waals surface area contributed by atoms with Crippen LogP contribution in [0.2, 0.25) is 0 Å². The van der Waals surface area contributed by atoms with Gasteiger partial charge in [0, 0.05) is 12.1 Å². The highest BCUT2D eigenvalue weighted by Gasteiger charge is 2.06.